The molecule has 4 rings (SSSR count). The minimum absolute atomic E-state index is 0.0265. The fourth-order valence-electron chi connectivity index (χ4n) is 3.32. The van der Waals surface area contributed by atoms with Crippen molar-refractivity contribution in [1.29, 1.82) is 0 Å². The number of nitrogens with one attached hydrogen (secondary N) is 1. The van der Waals surface area contributed by atoms with Gasteiger partial charge in [-0.3, -0.25) is 9.36 Å². The average molecular weight is 488 g/mol. The van der Waals surface area contributed by atoms with Crippen LogP contribution < -0.4 is 10.2 Å². The number of para-hydroxylation sites is 1. The Hall–Kier alpha value is -4.11. The number of phenolic OH excluding ortho intramolecular Hbond substituents is 1. The van der Waals surface area contributed by atoms with E-state index in [1.54, 1.807) is 18.2 Å². The van der Waals surface area contributed by atoms with Gasteiger partial charge in [-0.2, -0.15) is 5.10 Å². The molecule has 178 valence electrons. The maximum absolute atomic E-state index is 12.4. The Bertz CT molecular complexity index is 1320. The number of nitrogens with zero attached hydrogens (tertiary/aromatic N) is 4. The first kappa shape index (κ1) is 24.0. The summed E-state index contributed by atoms with van der Waals surface area (Å²) in [5.41, 5.74) is 5.91. The largest absolute Gasteiger partial charge is 0.504 e. The van der Waals surface area contributed by atoms with E-state index in [1.807, 2.05) is 73.0 Å². The van der Waals surface area contributed by atoms with Crippen molar-refractivity contribution in [3.8, 4) is 28.6 Å². The number of aromatic nitrogens is 3. The number of aromatic hydroxyl groups is 1. The van der Waals surface area contributed by atoms with Crippen LogP contribution in [0.5, 0.6) is 11.5 Å². The van der Waals surface area contributed by atoms with E-state index in [9.17, 15) is 9.90 Å². The molecule has 0 aliphatic heterocycles. The summed E-state index contributed by atoms with van der Waals surface area (Å²) in [6.45, 7) is 4.29. The molecule has 0 atom stereocenters. The summed E-state index contributed by atoms with van der Waals surface area (Å²) < 4.78 is 7.30. The van der Waals surface area contributed by atoms with Gasteiger partial charge in [-0.1, -0.05) is 65.9 Å². The first-order chi connectivity index (χ1) is 17.1. The number of rotatable bonds is 9. The number of carbonyl (C=O) groups is 1. The standard InChI is InChI=1S/C26H25N5O3S/c1-3-34-22-11-7-10-20(24(22)33)16-27-28-23(32)17-35-26-30-29-25(19-8-5-4-6-9-19)31(26)21-14-12-18(2)13-15-21/h4-16,33H,3,17H2,1-2H3,(H,28,32). The topological polar surface area (TPSA) is 102 Å². The second-order valence-corrected chi connectivity index (χ2v) is 8.49. The molecule has 0 aliphatic carbocycles. The number of carbonyl (C=O) groups excluding carboxylic acids is 1. The Kier molecular flexibility index (Phi) is 7.79. The highest BCUT2D eigenvalue weighted by Gasteiger charge is 2.17. The molecule has 0 unspecified atom stereocenters. The molecule has 9 heteroatoms. The Labute approximate surface area is 207 Å². The van der Waals surface area contributed by atoms with E-state index in [1.165, 1.54) is 18.0 Å². The summed E-state index contributed by atoms with van der Waals surface area (Å²) in [5, 5.41) is 23.5. The minimum Gasteiger partial charge on any atom is -0.504 e. The van der Waals surface area contributed by atoms with Gasteiger partial charge < -0.3 is 9.84 Å². The Balaban J connectivity index is 1.47. The van der Waals surface area contributed by atoms with Gasteiger partial charge >= 0.3 is 0 Å². The average Bonchev–Trinajstić information content (AvgIpc) is 3.30. The number of phenols is 1. The second kappa shape index (κ2) is 11.3. The summed E-state index contributed by atoms with van der Waals surface area (Å²) in [5.74, 6) is 0.803. The quantitative estimate of drug-likeness (QED) is 0.203. The van der Waals surface area contributed by atoms with Crippen molar-refractivity contribution >= 4 is 23.9 Å². The highest BCUT2D eigenvalue weighted by molar-refractivity contribution is 7.99. The van der Waals surface area contributed by atoms with Gasteiger partial charge in [-0.25, -0.2) is 5.43 Å². The van der Waals surface area contributed by atoms with Gasteiger partial charge in [0.1, 0.15) is 0 Å². The van der Waals surface area contributed by atoms with Crippen LogP contribution in [0.2, 0.25) is 0 Å². The first-order valence-electron chi connectivity index (χ1n) is 11.0. The monoisotopic (exact) mass is 487 g/mol. The number of amides is 1. The normalized spacial score (nSPS) is 11.0. The molecule has 0 radical (unpaired) electrons. The fraction of sp³-hybridized carbons (Fsp3) is 0.154. The molecule has 4 aromatic rings. The molecule has 0 saturated heterocycles. The van der Waals surface area contributed by atoms with Gasteiger partial charge in [-0.05, 0) is 38.1 Å². The van der Waals surface area contributed by atoms with Gasteiger partial charge in [-0.15, -0.1) is 10.2 Å². The molecule has 1 aromatic heterocycles. The molecule has 1 heterocycles. The third-order valence-corrected chi connectivity index (χ3v) is 5.94. The van der Waals surface area contributed by atoms with Crippen LogP contribution >= 0.6 is 11.8 Å². The molecular weight excluding hydrogens is 462 g/mol. The second-order valence-electron chi connectivity index (χ2n) is 7.55. The van der Waals surface area contributed by atoms with Crippen LogP contribution in [0.3, 0.4) is 0 Å². The van der Waals surface area contributed by atoms with Crippen LogP contribution in [0.25, 0.3) is 17.1 Å². The maximum atomic E-state index is 12.4. The molecule has 0 spiro atoms. The van der Waals surface area contributed by atoms with E-state index >= 15 is 0 Å². The maximum Gasteiger partial charge on any atom is 0.250 e. The van der Waals surface area contributed by atoms with E-state index in [0.29, 0.717) is 28.9 Å². The summed E-state index contributed by atoms with van der Waals surface area (Å²) in [7, 11) is 0. The van der Waals surface area contributed by atoms with Crippen LogP contribution in [-0.4, -0.2) is 44.4 Å². The summed E-state index contributed by atoms with van der Waals surface area (Å²) >= 11 is 1.26. The zero-order valence-electron chi connectivity index (χ0n) is 19.4. The summed E-state index contributed by atoms with van der Waals surface area (Å²) in [4.78, 5) is 12.4. The molecule has 8 nitrogen and oxygen atoms in total. The molecular formula is C26H25N5O3S. The van der Waals surface area contributed by atoms with Gasteiger partial charge in [0.15, 0.2) is 22.5 Å². The molecule has 2 N–H and O–H groups in total. The Morgan fingerprint density at radius 1 is 1.09 bits per heavy atom. The van der Waals surface area contributed by atoms with E-state index in [2.05, 4.69) is 20.7 Å². The van der Waals surface area contributed by atoms with Crippen molar-refractivity contribution < 1.29 is 14.6 Å². The van der Waals surface area contributed by atoms with Crippen LogP contribution in [0.4, 0.5) is 0 Å². The molecule has 0 bridgehead atoms. The number of ether oxygens (including phenoxy) is 1. The fourth-order valence-corrected chi connectivity index (χ4v) is 4.06. The zero-order chi connectivity index (χ0) is 24.6. The third kappa shape index (κ3) is 5.88. The van der Waals surface area contributed by atoms with Crippen molar-refractivity contribution in [2.45, 2.75) is 19.0 Å². The van der Waals surface area contributed by atoms with E-state index in [0.717, 1.165) is 16.8 Å². The van der Waals surface area contributed by atoms with Crippen LogP contribution in [0, 0.1) is 6.92 Å². The Morgan fingerprint density at radius 3 is 2.60 bits per heavy atom. The van der Waals surface area contributed by atoms with Crippen LogP contribution in [-0.2, 0) is 4.79 Å². The lowest BCUT2D eigenvalue weighted by molar-refractivity contribution is -0.118. The lowest BCUT2D eigenvalue weighted by Crippen LogP contribution is -2.20. The van der Waals surface area contributed by atoms with Crippen LogP contribution in [0.15, 0.2) is 83.1 Å². The number of aryl methyl sites for hydroxylation is 1. The molecule has 0 fully saturated rings. The summed E-state index contributed by atoms with van der Waals surface area (Å²) in [6, 6.07) is 22.9. The zero-order valence-corrected chi connectivity index (χ0v) is 20.2. The highest BCUT2D eigenvalue weighted by atomic mass is 32.2. The number of benzene rings is 3. The summed E-state index contributed by atoms with van der Waals surface area (Å²) in [6.07, 6.45) is 1.38. The predicted molar refractivity (Wildman–Crippen MR) is 137 cm³/mol. The lowest BCUT2D eigenvalue weighted by Gasteiger charge is -2.10. The van der Waals surface area contributed by atoms with Crippen molar-refractivity contribution in [2.75, 3.05) is 12.4 Å². The number of hydrogen-bond acceptors (Lipinski definition) is 7. The van der Waals surface area contributed by atoms with Gasteiger partial charge in [0.2, 0.25) is 0 Å². The van der Waals surface area contributed by atoms with Crippen molar-refractivity contribution in [2.24, 2.45) is 5.10 Å². The number of hydrogen-bond donors (Lipinski definition) is 2. The van der Waals surface area contributed by atoms with Crippen molar-refractivity contribution in [3.63, 3.8) is 0 Å². The van der Waals surface area contributed by atoms with Crippen molar-refractivity contribution in [1.82, 2.24) is 20.2 Å². The van der Waals surface area contributed by atoms with Gasteiger partial charge in [0.05, 0.1) is 18.6 Å². The smallest absolute Gasteiger partial charge is 0.250 e. The molecule has 0 saturated carbocycles. The van der Waals surface area contributed by atoms with Gasteiger partial charge in [0.25, 0.3) is 5.91 Å². The van der Waals surface area contributed by atoms with Gasteiger partial charge in [0, 0.05) is 16.8 Å². The minimum atomic E-state index is -0.314. The number of hydrazone groups is 1. The Morgan fingerprint density at radius 2 is 1.86 bits per heavy atom. The SMILES string of the molecule is CCOc1cccc(C=NNC(=O)CSc2nnc(-c3ccccc3)n2-c2ccc(C)cc2)c1O. The van der Waals surface area contributed by atoms with Crippen LogP contribution in [0.1, 0.15) is 18.1 Å². The van der Waals surface area contributed by atoms with E-state index in [4.69, 9.17) is 4.74 Å². The first-order valence-corrected chi connectivity index (χ1v) is 12.0. The lowest BCUT2D eigenvalue weighted by atomic mass is 10.2. The third-order valence-electron chi connectivity index (χ3n) is 5.01. The predicted octanol–water partition coefficient (Wildman–Crippen LogP) is 4.59. The van der Waals surface area contributed by atoms with E-state index in [-0.39, 0.29) is 17.4 Å². The molecule has 35 heavy (non-hydrogen) atoms. The highest BCUT2D eigenvalue weighted by Crippen LogP contribution is 2.29. The molecule has 1 amide bonds. The van der Waals surface area contributed by atoms with E-state index < -0.39 is 0 Å². The molecule has 3 aromatic carbocycles. The van der Waals surface area contributed by atoms with Crippen molar-refractivity contribution in [3.05, 3.63) is 83.9 Å². The molecule has 0 aliphatic rings. The number of thioether (sulfide) groups is 1.